The van der Waals surface area contributed by atoms with Crippen LogP contribution in [-0.4, -0.2) is 27.4 Å². The van der Waals surface area contributed by atoms with Crippen molar-refractivity contribution in [3.05, 3.63) is 47.1 Å². The molecule has 0 fully saturated rings. The first-order valence-corrected chi connectivity index (χ1v) is 6.37. The van der Waals surface area contributed by atoms with E-state index in [4.69, 9.17) is 4.84 Å². The highest BCUT2D eigenvalue weighted by atomic mass is 16.6. The predicted octanol–water partition coefficient (Wildman–Crippen LogP) is 3.47. The monoisotopic (exact) mass is 256 g/mol. The number of oxime groups is 1. The molecule has 0 saturated heterocycles. The topological polar surface area (TPSA) is 24.8 Å². The molecular formula is C16H20N2O. The van der Waals surface area contributed by atoms with Gasteiger partial charge in [-0.15, -0.1) is 0 Å². The lowest BCUT2D eigenvalue weighted by atomic mass is 9.98. The maximum atomic E-state index is 4.81. The van der Waals surface area contributed by atoms with Gasteiger partial charge in [-0.05, 0) is 36.6 Å². The van der Waals surface area contributed by atoms with Crippen molar-refractivity contribution in [2.24, 2.45) is 5.16 Å². The van der Waals surface area contributed by atoms with Crippen LogP contribution in [0.15, 0.2) is 41.1 Å². The largest absolute Gasteiger partial charge is 0.399 e. The Morgan fingerprint density at radius 2 is 2.11 bits per heavy atom. The summed E-state index contributed by atoms with van der Waals surface area (Å²) < 4.78 is 0. The minimum atomic E-state index is 0.987. The standard InChI is InChI=1S/C16H20N2O/c1-12-5-6-13(9-12)16-8-7-15(18(2)3)10-14(16)11-17-19-4/h5,7-11H,6H2,1-4H3. The molecule has 100 valence electrons. The van der Waals surface area contributed by atoms with Gasteiger partial charge in [-0.1, -0.05) is 28.9 Å². The molecule has 0 aliphatic heterocycles. The number of anilines is 1. The number of benzene rings is 1. The minimum Gasteiger partial charge on any atom is -0.399 e. The Morgan fingerprint density at radius 1 is 1.32 bits per heavy atom. The van der Waals surface area contributed by atoms with Gasteiger partial charge >= 0.3 is 0 Å². The van der Waals surface area contributed by atoms with E-state index in [1.165, 1.54) is 16.7 Å². The Morgan fingerprint density at radius 3 is 2.68 bits per heavy atom. The second-order valence-electron chi connectivity index (χ2n) is 4.90. The summed E-state index contributed by atoms with van der Waals surface area (Å²) in [5.74, 6) is 0. The molecule has 0 saturated carbocycles. The molecule has 0 bridgehead atoms. The Kier molecular flexibility index (Phi) is 4.05. The van der Waals surface area contributed by atoms with E-state index in [9.17, 15) is 0 Å². The summed E-state index contributed by atoms with van der Waals surface area (Å²) in [6.07, 6.45) is 7.24. The molecule has 19 heavy (non-hydrogen) atoms. The molecular weight excluding hydrogens is 236 g/mol. The van der Waals surface area contributed by atoms with Crippen LogP contribution in [0.2, 0.25) is 0 Å². The smallest absolute Gasteiger partial charge is 0.106 e. The van der Waals surface area contributed by atoms with E-state index in [0.717, 1.165) is 17.7 Å². The van der Waals surface area contributed by atoms with Crippen LogP contribution in [0.25, 0.3) is 5.57 Å². The zero-order valence-electron chi connectivity index (χ0n) is 12.0. The molecule has 3 heteroatoms. The van der Waals surface area contributed by atoms with E-state index in [1.807, 2.05) is 14.1 Å². The van der Waals surface area contributed by atoms with Gasteiger partial charge in [0.25, 0.3) is 0 Å². The first-order valence-electron chi connectivity index (χ1n) is 6.37. The molecule has 0 atom stereocenters. The van der Waals surface area contributed by atoms with Gasteiger partial charge in [0.15, 0.2) is 0 Å². The van der Waals surface area contributed by atoms with Crippen molar-refractivity contribution in [2.45, 2.75) is 13.3 Å². The molecule has 0 radical (unpaired) electrons. The van der Waals surface area contributed by atoms with Crippen LogP contribution in [-0.2, 0) is 4.84 Å². The molecule has 1 aromatic rings. The molecule has 0 heterocycles. The highest BCUT2D eigenvalue weighted by Crippen LogP contribution is 2.30. The van der Waals surface area contributed by atoms with Crippen LogP contribution in [0.5, 0.6) is 0 Å². The van der Waals surface area contributed by atoms with Gasteiger partial charge in [-0.3, -0.25) is 0 Å². The summed E-state index contributed by atoms with van der Waals surface area (Å²) >= 11 is 0. The van der Waals surface area contributed by atoms with Crippen molar-refractivity contribution in [2.75, 3.05) is 26.1 Å². The summed E-state index contributed by atoms with van der Waals surface area (Å²) in [6.45, 7) is 2.13. The molecule has 0 aromatic heterocycles. The third kappa shape index (κ3) is 3.05. The molecule has 0 unspecified atom stereocenters. The minimum absolute atomic E-state index is 0.987. The van der Waals surface area contributed by atoms with Crippen LogP contribution < -0.4 is 4.90 Å². The highest BCUT2D eigenvalue weighted by molar-refractivity contribution is 5.91. The van der Waals surface area contributed by atoms with Crippen molar-refractivity contribution in [1.82, 2.24) is 0 Å². The Balaban J connectivity index is 2.42. The van der Waals surface area contributed by atoms with Gasteiger partial charge in [-0.25, -0.2) is 0 Å². The maximum Gasteiger partial charge on any atom is 0.106 e. The second kappa shape index (κ2) is 5.74. The van der Waals surface area contributed by atoms with Crippen molar-refractivity contribution >= 4 is 17.5 Å². The zero-order chi connectivity index (χ0) is 13.8. The molecule has 0 spiro atoms. The maximum absolute atomic E-state index is 4.81. The van der Waals surface area contributed by atoms with Crippen molar-refractivity contribution in [3.63, 3.8) is 0 Å². The third-order valence-electron chi connectivity index (χ3n) is 3.24. The lowest BCUT2D eigenvalue weighted by Gasteiger charge is -2.15. The Hall–Kier alpha value is -2.03. The van der Waals surface area contributed by atoms with E-state index >= 15 is 0 Å². The molecule has 2 rings (SSSR count). The van der Waals surface area contributed by atoms with E-state index in [1.54, 1.807) is 13.3 Å². The van der Waals surface area contributed by atoms with E-state index in [0.29, 0.717) is 0 Å². The highest BCUT2D eigenvalue weighted by Gasteiger charge is 2.11. The fraction of sp³-hybridized carbons (Fsp3) is 0.312. The van der Waals surface area contributed by atoms with Crippen LogP contribution in [0.1, 0.15) is 24.5 Å². The molecule has 1 aliphatic carbocycles. The van der Waals surface area contributed by atoms with Gasteiger partial charge in [-0.2, -0.15) is 0 Å². The Bertz CT molecular complexity index is 554. The number of hydrogen-bond acceptors (Lipinski definition) is 3. The summed E-state index contributed by atoms with van der Waals surface area (Å²) in [5, 5.41) is 3.91. The quantitative estimate of drug-likeness (QED) is 0.608. The molecule has 1 aromatic carbocycles. The van der Waals surface area contributed by atoms with Gasteiger partial charge in [0.2, 0.25) is 0 Å². The lowest BCUT2D eigenvalue weighted by Crippen LogP contribution is -2.09. The van der Waals surface area contributed by atoms with Crippen molar-refractivity contribution < 1.29 is 4.84 Å². The first kappa shape index (κ1) is 13.4. The average molecular weight is 256 g/mol. The van der Waals surface area contributed by atoms with Crippen LogP contribution >= 0.6 is 0 Å². The van der Waals surface area contributed by atoms with Crippen molar-refractivity contribution in [1.29, 1.82) is 0 Å². The van der Waals surface area contributed by atoms with E-state index in [-0.39, 0.29) is 0 Å². The Labute approximate surface area is 114 Å². The lowest BCUT2D eigenvalue weighted by molar-refractivity contribution is 0.215. The summed E-state index contributed by atoms with van der Waals surface area (Å²) in [4.78, 5) is 6.89. The third-order valence-corrected chi connectivity index (χ3v) is 3.24. The average Bonchev–Trinajstić information content (AvgIpc) is 2.82. The zero-order valence-corrected chi connectivity index (χ0v) is 12.0. The summed E-state index contributed by atoms with van der Waals surface area (Å²) in [6, 6.07) is 6.42. The fourth-order valence-corrected chi connectivity index (χ4v) is 2.19. The number of nitrogens with zero attached hydrogens (tertiary/aromatic N) is 2. The van der Waals surface area contributed by atoms with Gasteiger partial charge < -0.3 is 9.74 Å². The molecule has 3 nitrogen and oxygen atoms in total. The second-order valence-corrected chi connectivity index (χ2v) is 4.90. The van der Waals surface area contributed by atoms with Crippen LogP contribution in [0, 0.1) is 0 Å². The first-order chi connectivity index (χ1) is 9.11. The van der Waals surface area contributed by atoms with Crippen LogP contribution in [0.4, 0.5) is 5.69 Å². The normalized spacial score (nSPS) is 14.5. The predicted molar refractivity (Wildman–Crippen MR) is 81.7 cm³/mol. The molecule has 0 N–H and O–H groups in total. The van der Waals surface area contributed by atoms with Crippen LogP contribution in [0.3, 0.4) is 0 Å². The van der Waals surface area contributed by atoms with Gasteiger partial charge in [0.05, 0.1) is 6.21 Å². The number of hydrogen-bond donors (Lipinski definition) is 0. The van der Waals surface area contributed by atoms with Gasteiger partial charge in [0, 0.05) is 25.3 Å². The van der Waals surface area contributed by atoms with Gasteiger partial charge in [0.1, 0.15) is 7.11 Å². The summed E-state index contributed by atoms with van der Waals surface area (Å²) in [5.41, 5.74) is 6.12. The van der Waals surface area contributed by atoms with E-state index in [2.05, 4.69) is 47.3 Å². The van der Waals surface area contributed by atoms with E-state index < -0.39 is 0 Å². The number of rotatable bonds is 4. The SMILES string of the molecule is CON=Cc1cc(N(C)C)ccc1C1=CC(C)=CC1. The fourth-order valence-electron chi connectivity index (χ4n) is 2.19. The van der Waals surface area contributed by atoms with Crippen molar-refractivity contribution in [3.8, 4) is 0 Å². The molecule has 1 aliphatic rings. The summed E-state index contributed by atoms with van der Waals surface area (Å²) in [7, 11) is 5.63. The number of allylic oxidation sites excluding steroid dienone is 4. The molecule has 0 amide bonds.